The number of nitrogens with one attached hydrogen (secondary N) is 1. The Bertz CT molecular complexity index is 928. The van der Waals surface area contributed by atoms with E-state index < -0.39 is 5.41 Å². The molecule has 0 radical (unpaired) electrons. The number of nitriles is 3. The van der Waals surface area contributed by atoms with Crippen molar-refractivity contribution in [2.24, 2.45) is 0 Å². The summed E-state index contributed by atoms with van der Waals surface area (Å²) in [7, 11) is 0. The number of benzene rings is 2. The Hall–Kier alpha value is -3.90. The van der Waals surface area contributed by atoms with Crippen molar-refractivity contribution in [2.45, 2.75) is 5.41 Å². The first-order chi connectivity index (χ1) is 11.6. The highest BCUT2D eigenvalue weighted by Gasteiger charge is 2.36. The molecule has 0 aromatic heterocycles. The van der Waals surface area contributed by atoms with Crippen LogP contribution in [0.5, 0.6) is 0 Å². The second-order valence-electron chi connectivity index (χ2n) is 5.01. The molecular formula is C20H12N4. The molecule has 4 nitrogen and oxygen atoms in total. The Morgan fingerprint density at radius 3 is 1.92 bits per heavy atom. The van der Waals surface area contributed by atoms with E-state index in [-0.39, 0.29) is 5.57 Å². The van der Waals surface area contributed by atoms with E-state index in [1.807, 2.05) is 24.3 Å². The zero-order valence-electron chi connectivity index (χ0n) is 12.7. The highest BCUT2D eigenvalue weighted by molar-refractivity contribution is 5.96. The van der Waals surface area contributed by atoms with Crippen LogP contribution in [0.25, 0.3) is 11.1 Å². The second kappa shape index (κ2) is 6.91. The SMILES string of the molecule is C=C(c1ccccc1)C(C#N)(C#N)c1ccc(C(=C=N)C#N)cc1. The molecule has 0 fully saturated rings. The number of rotatable bonds is 4. The molecule has 0 bridgehead atoms. The molecule has 0 saturated heterocycles. The third-order valence-electron chi connectivity index (χ3n) is 3.75. The topological polar surface area (TPSA) is 95.2 Å². The second-order valence-corrected chi connectivity index (χ2v) is 5.01. The van der Waals surface area contributed by atoms with Crippen molar-refractivity contribution in [1.82, 2.24) is 0 Å². The van der Waals surface area contributed by atoms with E-state index in [0.29, 0.717) is 22.3 Å². The molecule has 4 heteroatoms. The third kappa shape index (κ3) is 2.72. The number of hydrogen-bond acceptors (Lipinski definition) is 4. The van der Waals surface area contributed by atoms with E-state index in [0.717, 1.165) is 0 Å². The van der Waals surface area contributed by atoms with Gasteiger partial charge in [-0.1, -0.05) is 61.2 Å². The van der Waals surface area contributed by atoms with Gasteiger partial charge in [0.05, 0.1) is 12.1 Å². The van der Waals surface area contributed by atoms with Crippen molar-refractivity contribution < 1.29 is 0 Å². The van der Waals surface area contributed by atoms with Crippen molar-refractivity contribution in [3.8, 4) is 18.2 Å². The fraction of sp³-hybridized carbons (Fsp3) is 0.0500. The van der Waals surface area contributed by atoms with Gasteiger partial charge in [0.15, 0.2) is 5.41 Å². The molecule has 2 aromatic carbocycles. The smallest absolute Gasteiger partial charge is 0.193 e. The van der Waals surface area contributed by atoms with Gasteiger partial charge in [0.25, 0.3) is 0 Å². The molecule has 2 rings (SSSR count). The molecule has 0 heterocycles. The molecule has 1 N–H and O–H groups in total. The van der Waals surface area contributed by atoms with Crippen LogP contribution in [0, 0.1) is 39.4 Å². The predicted octanol–water partition coefficient (Wildman–Crippen LogP) is 3.84. The van der Waals surface area contributed by atoms with Gasteiger partial charge in [-0.25, -0.2) is 0 Å². The first-order valence-corrected chi connectivity index (χ1v) is 7.01. The lowest BCUT2D eigenvalue weighted by Crippen LogP contribution is -2.23. The van der Waals surface area contributed by atoms with Crippen molar-refractivity contribution in [3.05, 3.63) is 77.9 Å². The molecule has 0 amide bonds. The van der Waals surface area contributed by atoms with Gasteiger partial charge in [0.2, 0.25) is 0 Å². The van der Waals surface area contributed by atoms with Crippen LogP contribution in [0.3, 0.4) is 0 Å². The van der Waals surface area contributed by atoms with E-state index in [1.54, 1.807) is 36.4 Å². The minimum absolute atomic E-state index is 0.0861. The monoisotopic (exact) mass is 308 g/mol. The largest absolute Gasteiger partial charge is 0.258 e. The van der Waals surface area contributed by atoms with Crippen LogP contribution in [-0.4, -0.2) is 5.87 Å². The van der Waals surface area contributed by atoms with Gasteiger partial charge >= 0.3 is 0 Å². The summed E-state index contributed by atoms with van der Waals surface area (Å²) in [5.41, 5.74) is 0.633. The maximum atomic E-state index is 9.70. The average molecular weight is 308 g/mol. The zero-order chi connectivity index (χ0) is 17.6. The van der Waals surface area contributed by atoms with Crippen LogP contribution in [-0.2, 0) is 5.41 Å². The fourth-order valence-corrected chi connectivity index (χ4v) is 2.37. The van der Waals surface area contributed by atoms with E-state index in [2.05, 4.69) is 24.6 Å². The standard InChI is InChI=1S/C20H12N4/c1-15(16-5-3-2-4-6-16)20(13-23,14-24)19-9-7-17(8-10-19)18(11-21)12-22/h2-10,21H,1H2. The molecule has 0 saturated carbocycles. The van der Waals surface area contributed by atoms with Crippen LogP contribution in [0.2, 0.25) is 0 Å². The number of hydrogen-bond donors (Lipinski definition) is 1. The molecule has 0 aliphatic carbocycles. The van der Waals surface area contributed by atoms with Gasteiger partial charge in [-0.3, -0.25) is 5.41 Å². The summed E-state index contributed by atoms with van der Waals surface area (Å²) in [6.45, 7) is 3.96. The molecule has 0 atom stereocenters. The number of allylic oxidation sites excluding steroid dienone is 2. The van der Waals surface area contributed by atoms with Gasteiger partial charge in [0, 0.05) is 5.56 Å². The summed E-state index contributed by atoms with van der Waals surface area (Å²) in [5, 5.41) is 35.4. The Balaban J connectivity index is 2.55. The van der Waals surface area contributed by atoms with Gasteiger partial charge < -0.3 is 0 Å². The minimum atomic E-state index is -1.53. The first kappa shape index (κ1) is 16.5. The van der Waals surface area contributed by atoms with Crippen LogP contribution < -0.4 is 0 Å². The lowest BCUT2D eigenvalue weighted by molar-refractivity contribution is 0.914. The molecule has 0 unspecified atom stereocenters. The maximum absolute atomic E-state index is 9.70. The lowest BCUT2D eigenvalue weighted by Gasteiger charge is -2.22. The highest BCUT2D eigenvalue weighted by Crippen LogP contribution is 2.36. The van der Waals surface area contributed by atoms with Gasteiger partial charge in [-0.15, -0.1) is 0 Å². The van der Waals surface area contributed by atoms with Gasteiger partial charge in [-0.2, -0.15) is 15.8 Å². The van der Waals surface area contributed by atoms with E-state index >= 15 is 0 Å². The summed E-state index contributed by atoms with van der Waals surface area (Å²) >= 11 is 0. The molecule has 0 spiro atoms. The lowest BCUT2D eigenvalue weighted by atomic mass is 9.74. The molecule has 0 aliphatic heterocycles. The Morgan fingerprint density at radius 2 is 1.46 bits per heavy atom. The Labute approximate surface area is 140 Å². The zero-order valence-corrected chi connectivity index (χ0v) is 12.7. The van der Waals surface area contributed by atoms with Crippen LogP contribution in [0.1, 0.15) is 16.7 Å². The Kier molecular flexibility index (Phi) is 4.74. The molecular weight excluding hydrogens is 296 g/mol. The summed E-state index contributed by atoms with van der Waals surface area (Å²) in [4.78, 5) is 0. The summed E-state index contributed by atoms with van der Waals surface area (Å²) in [5.74, 6) is 2.06. The van der Waals surface area contributed by atoms with E-state index in [9.17, 15) is 10.5 Å². The fourth-order valence-electron chi connectivity index (χ4n) is 2.37. The van der Waals surface area contributed by atoms with Crippen LogP contribution in [0.4, 0.5) is 0 Å². The van der Waals surface area contributed by atoms with E-state index in [1.165, 1.54) is 0 Å². The van der Waals surface area contributed by atoms with E-state index in [4.69, 9.17) is 10.7 Å². The molecule has 24 heavy (non-hydrogen) atoms. The predicted molar refractivity (Wildman–Crippen MR) is 91.6 cm³/mol. The molecule has 112 valence electrons. The summed E-state index contributed by atoms with van der Waals surface area (Å²) < 4.78 is 0. The normalized spacial score (nSPS) is 9.71. The number of nitrogens with zero attached hydrogens (tertiary/aromatic N) is 3. The molecule has 0 aliphatic rings. The highest BCUT2D eigenvalue weighted by atomic mass is 14.4. The average Bonchev–Trinajstić information content (AvgIpc) is 2.66. The van der Waals surface area contributed by atoms with Crippen LogP contribution in [0.15, 0.2) is 61.2 Å². The minimum Gasteiger partial charge on any atom is -0.258 e. The van der Waals surface area contributed by atoms with Gasteiger partial charge in [-0.05, 0) is 22.6 Å². The Morgan fingerprint density at radius 1 is 0.875 bits per heavy atom. The van der Waals surface area contributed by atoms with Gasteiger partial charge in [0.1, 0.15) is 11.6 Å². The maximum Gasteiger partial charge on any atom is 0.193 e. The quantitative estimate of drug-likeness (QED) is 0.686. The third-order valence-corrected chi connectivity index (χ3v) is 3.75. The van der Waals surface area contributed by atoms with Crippen molar-refractivity contribution in [3.63, 3.8) is 0 Å². The first-order valence-electron chi connectivity index (χ1n) is 7.01. The summed E-state index contributed by atoms with van der Waals surface area (Å²) in [6.07, 6.45) is 0. The molecule has 2 aromatic rings. The van der Waals surface area contributed by atoms with Crippen LogP contribution >= 0.6 is 0 Å². The van der Waals surface area contributed by atoms with Crippen molar-refractivity contribution >= 4 is 17.0 Å². The van der Waals surface area contributed by atoms with Crippen molar-refractivity contribution in [2.75, 3.05) is 0 Å². The summed E-state index contributed by atoms with van der Waals surface area (Å²) in [6, 6.07) is 21.5. The van der Waals surface area contributed by atoms with Crippen molar-refractivity contribution in [1.29, 1.82) is 21.2 Å².